The summed E-state index contributed by atoms with van der Waals surface area (Å²) in [7, 11) is 0. The summed E-state index contributed by atoms with van der Waals surface area (Å²) in [6, 6.07) is 5.64. The molecule has 0 fully saturated rings. The van der Waals surface area contributed by atoms with Gasteiger partial charge in [0.25, 0.3) is 0 Å². The monoisotopic (exact) mass is 199 g/mol. The summed E-state index contributed by atoms with van der Waals surface area (Å²) < 4.78 is 5.30. The molecule has 0 saturated carbocycles. The molecular weight excluding hydrogens is 186 g/mol. The second kappa shape index (κ2) is 4.49. The highest BCUT2D eigenvalue weighted by atomic mass is 35.5. The first kappa shape index (κ1) is 10.4. The summed E-state index contributed by atoms with van der Waals surface area (Å²) in [6.07, 6.45) is 0. The van der Waals surface area contributed by atoms with Crippen LogP contribution >= 0.6 is 11.6 Å². The van der Waals surface area contributed by atoms with Gasteiger partial charge in [-0.3, -0.25) is 0 Å². The van der Waals surface area contributed by atoms with Gasteiger partial charge < -0.3 is 10.5 Å². The van der Waals surface area contributed by atoms with Gasteiger partial charge in [0.15, 0.2) is 0 Å². The highest BCUT2D eigenvalue weighted by molar-refractivity contribution is 6.32. The van der Waals surface area contributed by atoms with Crippen molar-refractivity contribution in [3.05, 3.63) is 28.8 Å². The van der Waals surface area contributed by atoms with Crippen molar-refractivity contribution in [3.8, 4) is 5.75 Å². The van der Waals surface area contributed by atoms with E-state index in [0.29, 0.717) is 17.4 Å². The van der Waals surface area contributed by atoms with Gasteiger partial charge in [-0.05, 0) is 31.5 Å². The second-order valence-corrected chi connectivity index (χ2v) is 3.32. The highest BCUT2D eigenvalue weighted by Crippen LogP contribution is 2.27. The van der Waals surface area contributed by atoms with E-state index in [1.54, 1.807) is 0 Å². The Hall–Kier alpha value is -0.730. The largest absolute Gasteiger partial charge is 0.492 e. The minimum Gasteiger partial charge on any atom is -0.492 e. The standard InChI is InChI=1S/C10H14ClNO/c1-3-13-10-5-4-8(7(2)12)6-9(10)11/h4-7H,3,12H2,1-2H3/t7-/m1/s1. The fourth-order valence-corrected chi connectivity index (χ4v) is 1.32. The number of hydrogen-bond donors (Lipinski definition) is 1. The van der Waals surface area contributed by atoms with Gasteiger partial charge in [-0.15, -0.1) is 0 Å². The number of benzene rings is 1. The van der Waals surface area contributed by atoms with Crippen molar-refractivity contribution >= 4 is 11.6 Å². The quantitative estimate of drug-likeness (QED) is 0.813. The van der Waals surface area contributed by atoms with Crippen molar-refractivity contribution in [3.63, 3.8) is 0 Å². The first-order valence-corrected chi connectivity index (χ1v) is 4.70. The molecule has 0 radical (unpaired) electrons. The van der Waals surface area contributed by atoms with Crippen LogP contribution in [0.1, 0.15) is 25.5 Å². The van der Waals surface area contributed by atoms with Gasteiger partial charge in [-0.2, -0.15) is 0 Å². The predicted octanol–water partition coefficient (Wildman–Crippen LogP) is 2.76. The molecule has 0 saturated heterocycles. The van der Waals surface area contributed by atoms with Crippen LogP contribution in [0.15, 0.2) is 18.2 Å². The summed E-state index contributed by atoms with van der Waals surface area (Å²) in [6.45, 7) is 4.47. The van der Waals surface area contributed by atoms with Gasteiger partial charge in [0.2, 0.25) is 0 Å². The molecule has 0 unspecified atom stereocenters. The summed E-state index contributed by atoms with van der Waals surface area (Å²) in [5, 5.41) is 0.622. The molecule has 0 aliphatic rings. The first-order chi connectivity index (χ1) is 6.15. The van der Waals surface area contributed by atoms with E-state index < -0.39 is 0 Å². The Morgan fingerprint density at radius 2 is 2.23 bits per heavy atom. The van der Waals surface area contributed by atoms with E-state index in [2.05, 4.69) is 0 Å². The molecule has 0 aromatic heterocycles. The lowest BCUT2D eigenvalue weighted by Crippen LogP contribution is -2.04. The van der Waals surface area contributed by atoms with Crippen LogP contribution in [0.5, 0.6) is 5.75 Å². The van der Waals surface area contributed by atoms with Gasteiger partial charge in [0, 0.05) is 6.04 Å². The van der Waals surface area contributed by atoms with Gasteiger partial charge in [-0.25, -0.2) is 0 Å². The van der Waals surface area contributed by atoms with Crippen LogP contribution in [-0.2, 0) is 0 Å². The molecule has 2 N–H and O–H groups in total. The molecule has 1 aromatic carbocycles. The Kier molecular flexibility index (Phi) is 3.58. The van der Waals surface area contributed by atoms with E-state index in [9.17, 15) is 0 Å². The molecule has 0 spiro atoms. The van der Waals surface area contributed by atoms with E-state index in [0.717, 1.165) is 5.56 Å². The fraction of sp³-hybridized carbons (Fsp3) is 0.400. The van der Waals surface area contributed by atoms with Crippen molar-refractivity contribution in [2.75, 3.05) is 6.61 Å². The minimum absolute atomic E-state index is 0.00757. The lowest BCUT2D eigenvalue weighted by Gasteiger charge is -2.09. The molecule has 0 amide bonds. The Morgan fingerprint density at radius 3 is 2.69 bits per heavy atom. The van der Waals surface area contributed by atoms with Crippen LogP contribution in [0, 0.1) is 0 Å². The van der Waals surface area contributed by atoms with Crippen molar-refractivity contribution in [2.45, 2.75) is 19.9 Å². The average molecular weight is 200 g/mol. The maximum Gasteiger partial charge on any atom is 0.137 e. The zero-order valence-electron chi connectivity index (χ0n) is 7.88. The number of ether oxygens (including phenoxy) is 1. The van der Waals surface area contributed by atoms with Crippen LogP contribution in [0.4, 0.5) is 0 Å². The van der Waals surface area contributed by atoms with E-state index >= 15 is 0 Å². The molecule has 3 heteroatoms. The molecular formula is C10H14ClNO. The Bertz CT molecular complexity index is 286. The number of halogens is 1. The lowest BCUT2D eigenvalue weighted by atomic mass is 10.1. The van der Waals surface area contributed by atoms with Crippen LogP contribution in [0.2, 0.25) is 5.02 Å². The molecule has 0 aliphatic heterocycles. The van der Waals surface area contributed by atoms with Crippen LogP contribution < -0.4 is 10.5 Å². The SMILES string of the molecule is CCOc1ccc([C@@H](C)N)cc1Cl. The van der Waals surface area contributed by atoms with E-state index in [4.69, 9.17) is 22.1 Å². The summed E-state index contributed by atoms with van der Waals surface area (Å²) in [5.74, 6) is 0.716. The van der Waals surface area contributed by atoms with Crippen molar-refractivity contribution in [1.29, 1.82) is 0 Å². The van der Waals surface area contributed by atoms with E-state index in [1.807, 2.05) is 32.0 Å². The Morgan fingerprint density at radius 1 is 1.54 bits per heavy atom. The second-order valence-electron chi connectivity index (χ2n) is 2.91. The molecule has 1 aromatic rings. The molecule has 2 nitrogen and oxygen atoms in total. The van der Waals surface area contributed by atoms with Crippen molar-refractivity contribution in [1.82, 2.24) is 0 Å². The topological polar surface area (TPSA) is 35.2 Å². The molecule has 0 aliphatic carbocycles. The maximum atomic E-state index is 5.97. The number of rotatable bonds is 3. The summed E-state index contributed by atoms with van der Waals surface area (Å²) in [4.78, 5) is 0. The number of nitrogens with two attached hydrogens (primary N) is 1. The molecule has 0 bridgehead atoms. The summed E-state index contributed by atoms with van der Waals surface area (Å²) in [5.41, 5.74) is 6.73. The van der Waals surface area contributed by atoms with Gasteiger partial charge >= 0.3 is 0 Å². The first-order valence-electron chi connectivity index (χ1n) is 4.33. The third-order valence-corrected chi connectivity index (χ3v) is 2.08. The van der Waals surface area contributed by atoms with Crippen molar-refractivity contribution in [2.24, 2.45) is 5.73 Å². The molecule has 13 heavy (non-hydrogen) atoms. The molecule has 1 atom stereocenters. The van der Waals surface area contributed by atoms with Crippen LogP contribution in [-0.4, -0.2) is 6.61 Å². The smallest absolute Gasteiger partial charge is 0.137 e. The van der Waals surface area contributed by atoms with Gasteiger partial charge in [0.1, 0.15) is 5.75 Å². The molecule has 1 rings (SSSR count). The minimum atomic E-state index is 0.00757. The van der Waals surface area contributed by atoms with E-state index in [-0.39, 0.29) is 6.04 Å². The zero-order chi connectivity index (χ0) is 9.84. The fourth-order valence-electron chi connectivity index (χ4n) is 1.07. The molecule has 0 heterocycles. The zero-order valence-corrected chi connectivity index (χ0v) is 8.64. The van der Waals surface area contributed by atoms with Gasteiger partial charge in [0.05, 0.1) is 11.6 Å². The maximum absolute atomic E-state index is 5.97. The Labute approximate surface area is 83.6 Å². The highest BCUT2D eigenvalue weighted by Gasteiger charge is 2.04. The Balaban J connectivity index is 2.92. The average Bonchev–Trinajstić information content (AvgIpc) is 2.08. The van der Waals surface area contributed by atoms with E-state index in [1.165, 1.54) is 0 Å². The normalized spacial score (nSPS) is 12.6. The molecule has 72 valence electrons. The predicted molar refractivity (Wildman–Crippen MR) is 55.2 cm³/mol. The van der Waals surface area contributed by atoms with Crippen LogP contribution in [0.3, 0.4) is 0 Å². The summed E-state index contributed by atoms with van der Waals surface area (Å²) >= 11 is 5.97. The van der Waals surface area contributed by atoms with Gasteiger partial charge in [-0.1, -0.05) is 17.7 Å². The lowest BCUT2D eigenvalue weighted by molar-refractivity contribution is 0.340. The number of hydrogen-bond acceptors (Lipinski definition) is 2. The van der Waals surface area contributed by atoms with Crippen LogP contribution in [0.25, 0.3) is 0 Å². The third-order valence-electron chi connectivity index (χ3n) is 1.78. The third kappa shape index (κ3) is 2.61. The van der Waals surface area contributed by atoms with Crippen molar-refractivity contribution < 1.29 is 4.74 Å².